The Morgan fingerprint density at radius 1 is 1.43 bits per heavy atom. The van der Waals surface area contributed by atoms with Gasteiger partial charge in [-0.2, -0.15) is 10.2 Å². The molecule has 21 heavy (non-hydrogen) atoms. The summed E-state index contributed by atoms with van der Waals surface area (Å²) < 4.78 is 28.6. The molecule has 0 aromatic carbocycles. The number of aromatic nitrogens is 5. The normalized spacial score (nSPS) is 12.0. The van der Waals surface area contributed by atoms with Crippen LogP contribution in [0.4, 0.5) is 0 Å². The highest BCUT2D eigenvalue weighted by molar-refractivity contribution is 7.89. The summed E-state index contributed by atoms with van der Waals surface area (Å²) in [6.45, 7) is 2.44. The van der Waals surface area contributed by atoms with Crippen LogP contribution in [-0.2, 0) is 30.0 Å². The zero-order chi connectivity index (χ0) is 15.5. The Bertz CT molecular complexity index is 704. The lowest BCUT2D eigenvalue weighted by molar-refractivity contribution is 0.574. The molecule has 0 aliphatic rings. The fourth-order valence-electron chi connectivity index (χ4n) is 1.90. The van der Waals surface area contributed by atoms with Crippen LogP contribution in [0.25, 0.3) is 0 Å². The smallest absolute Gasteiger partial charge is 0.260 e. The summed E-state index contributed by atoms with van der Waals surface area (Å²) in [6, 6.07) is 0. The fourth-order valence-corrected chi connectivity index (χ4v) is 3.12. The van der Waals surface area contributed by atoms with Crippen molar-refractivity contribution in [1.82, 2.24) is 35.0 Å². The predicted octanol–water partition coefficient (Wildman–Crippen LogP) is -0.913. The molecule has 9 nitrogen and oxygen atoms in total. The van der Waals surface area contributed by atoms with E-state index in [2.05, 4.69) is 30.3 Å². The molecule has 2 heterocycles. The van der Waals surface area contributed by atoms with E-state index in [4.69, 9.17) is 0 Å². The van der Waals surface area contributed by atoms with E-state index in [9.17, 15) is 8.42 Å². The number of rotatable bonds is 7. The van der Waals surface area contributed by atoms with Crippen LogP contribution < -0.4 is 10.0 Å². The van der Waals surface area contributed by atoms with Crippen LogP contribution in [0.5, 0.6) is 0 Å². The third kappa shape index (κ3) is 3.65. The molecule has 0 aliphatic carbocycles. The molecular formula is C11H19N7O2S. The molecule has 0 spiro atoms. The van der Waals surface area contributed by atoms with Gasteiger partial charge in [-0.05, 0) is 14.0 Å². The van der Waals surface area contributed by atoms with E-state index in [1.54, 1.807) is 32.0 Å². The highest BCUT2D eigenvalue weighted by Gasteiger charge is 2.23. The molecule has 0 aliphatic heterocycles. The Labute approximate surface area is 123 Å². The number of nitrogens with zero attached hydrogens (tertiary/aromatic N) is 4. The van der Waals surface area contributed by atoms with Gasteiger partial charge in [0.15, 0.2) is 10.9 Å². The molecule has 0 bridgehead atoms. The first-order valence-corrected chi connectivity index (χ1v) is 7.95. The number of hydrogen-bond donors (Lipinski definition) is 3. The van der Waals surface area contributed by atoms with E-state index in [1.807, 2.05) is 0 Å². The third-order valence-electron chi connectivity index (χ3n) is 2.93. The molecule has 0 saturated heterocycles. The van der Waals surface area contributed by atoms with Gasteiger partial charge < -0.3 is 5.32 Å². The monoisotopic (exact) mass is 313 g/mol. The zero-order valence-electron chi connectivity index (χ0n) is 12.2. The number of nitrogens with one attached hydrogen (secondary N) is 3. The first-order valence-electron chi connectivity index (χ1n) is 6.46. The minimum absolute atomic E-state index is 0.0309. The van der Waals surface area contributed by atoms with Crippen LogP contribution in [0.2, 0.25) is 0 Å². The molecule has 3 N–H and O–H groups in total. The van der Waals surface area contributed by atoms with Crippen molar-refractivity contribution in [2.75, 3.05) is 13.6 Å². The minimum Gasteiger partial charge on any atom is -0.316 e. The summed E-state index contributed by atoms with van der Waals surface area (Å²) in [5.74, 6) is 0.592. The first kappa shape index (κ1) is 15.6. The zero-order valence-corrected chi connectivity index (χ0v) is 13.0. The highest BCUT2D eigenvalue weighted by Crippen LogP contribution is 2.15. The minimum atomic E-state index is -3.65. The van der Waals surface area contributed by atoms with Gasteiger partial charge in [0.05, 0.1) is 0 Å². The lowest BCUT2D eigenvalue weighted by atomic mass is 10.3. The Morgan fingerprint density at radius 3 is 2.81 bits per heavy atom. The standard InChI is InChI=1S/C11H19N7O2S/c1-8-9(6-12-2)11(16-15-8)21(19,20)14-5-4-10-13-7-18(3)17-10/h7,12,14H,4-6H2,1-3H3,(H,15,16). The van der Waals surface area contributed by atoms with Crippen LogP contribution in [0.1, 0.15) is 17.1 Å². The fraction of sp³-hybridized carbons (Fsp3) is 0.545. The van der Waals surface area contributed by atoms with Crippen LogP contribution in [0, 0.1) is 6.92 Å². The molecule has 2 rings (SSSR count). The molecule has 0 amide bonds. The van der Waals surface area contributed by atoms with Gasteiger partial charge in [-0.1, -0.05) is 0 Å². The summed E-state index contributed by atoms with van der Waals surface area (Å²) >= 11 is 0. The van der Waals surface area contributed by atoms with E-state index in [0.717, 1.165) is 5.69 Å². The summed E-state index contributed by atoms with van der Waals surface area (Å²) in [4.78, 5) is 4.04. The second kappa shape index (κ2) is 6.33. The van der Waals surface area contributed by atoms with Crippen molar-refractivity contribution in [3.8, 4) is 0 Å². The molecule has 0 radical (unpaired) electrons. The number of aryl methyl sites for hydroxylation is 2. The molecule has 2 aromatic rings. The Kier molecular flexibility index (Phi) is 4.70. The van der Waals surface area contributed by atoms with Gasteiger partial charge in [0.1, 0.15) is 6.33 Å². The molecular weight excluding hydrogens is 294 g/mol. The van der Waals surface area contributed by atoms with Crippen LogP contribution in [-0.4, -0.2) is 47.0 Å². The Balaban J connectivity index is 2.04. The van der Waals surface area contributed by atoms with Gasteiger partial charge in [0, 0.05) is 37.8 Å². The van der Waals surface area contributed by atoms with Gasteiger partial charge in [-0.25, -0.2) is 18.1 Å². The van der Waals surface area contributed by atoms with E-state index in [1.165, 1.54) is 0 Å². The second-order valence-corrected chi connectivity index (χ2v) is 6.33. The van der Waals surface area contributed by atoms with Crippen molar-refractivity contribution < 1.29 is 8.42 Å². The van der Waals surface area contributed by atoms with E-state index >= 15 is 0 Å². The lowest BCUT2D eigenvalue weighted by Crippen LogP contribution is -2.28. The number of sulfonamides is 1. The highest BCUT2D eigenvalue weighted by atomic mass is 32.2. The van der Waals surface area contributed by atoms with Crippen LogP contribution in [0.3, 0.4) is 0 Å². The maximum Gasteiger partial charge on any atom is 0.260 e. The molecule has 0 unspecified atom stereocenters. The van der Waals surface area contributed by atoms with Crippen molar-refractivity contribution in [2.45, 2.75) is 24.9 Å². The van der Waals surface area contributed by atoms with Crippen LogP contribution >= 0.6 is 0 Å². The predicted molar refractivity (Wildman–Crippen MR) is 76.0 cm³/mol. The average Bonchev–Trinajstić information content (AvgIpc) is 2.98. The Morgan fingerprint density at radius 2 is 2.19 bits per heavy atom. The quantitative estimate of drug-likeness (QED) is 0.609. The second-order valence-electron chi connectivity index (χ2n) is 4.64. The van der Waals surface area contributed by atoms with Gasteiger partial charge >= 0.3 is 0 Å². The Hall–Kier alpha value is -1.78. The summed E-state index contributed by atoms with van der Waals surface area (Å²) in [5, 5.41) is 13.6. The first-order chi connectivity index (χ1) is 9.94. The lowest BCUT2D eigenvalue weighted by Gasteiger charge is -2.06. The molecule has 10 heteroatoms. The van der Waals surface area contributed by atoms with Crippen molar-refractivity contribution in [3.63, 3.8) is 0 Å². The SMILES string of the molecule is CNCc1c(S(=O)(=O)NCCc2ncn(C)n2)n[nH]c1C. The molecule has 0 atom stereocenters. The number of hydrogen-bond acceptors (Lipinski definition) is 6. The number of H-pyrrole nitrogens is 1. The van der Waals surface area contributed by atoms with Crippen molar-refractivity contribution in [2.24, 2.45) is 7.05 Å². The summed E-state index contributed by atoms with van der Waals surface area (Å²) in [7, 11) is -0.136. The van der Waals surface area contributed by atoms with E-state index in [0.29, 0.717) is 24.4 Å². The molecule has 0 fully saturated rings. The molecule has 0 saturated carbocycles. The maximum atomic E-state index is 12.3. The van der Waals surface area contributed by atoms with Gasteiger partial charge in [0.25, 0.3) is 10.0 Å². The average molecular weight is 313 g/mol. The largest absolute Gasteiger partial charge is 0.316 e. The molecule has 2 aromatic heterocycles. The van der Waals surface area contributed by atoms with E-state index < -0.39 is 10.0 Å². The maximum absolute atomic E-state index is 12.3. The van der Waals surface area contributed by atoms with Crippen molar-refractivity contribution in [1.29, 1.82) is 0 Å². The third-order valence-corrected chi connectivity index (χ3v) is 4.36. The van der Waals surface area contributed by atoms with Crippen molar-refractivity contribution in [3.05, 3.63) is 23.4 Å². The van der Waals surface area contributed by atoms with Crippen LogP contribution in [0.15, 0.2) is 11.4 Å². The van der Waals surface area contributed by atoms with E-state index in [-0.39, 0.29) is 11.6 Å². The summed E-state index contributed by atoms with van der Waals surface area (Å²) in [5.41, 5.74) is 1.37. The summed E-state index contributed by atoms with van der Waals surface area (Å²) in [6.07, 6.45) is 2.00. The van der Waals surface area contributed by atoms with Gasteiger partial charge in [0.2, 0.25) is 0 Å². The molecule has 116 valence electrons. The number of aromatic amines is 1. The van der Waals surface area contributed by atoms with Crippen molar-refractivity contribution >= 4 is 10.0 Å². The topological polar surface area (TPSA) is 118 Å². The van der Waals surface area contributed by atoms with Gasteiger partial charge in [-0.3, -0.25) is 9.78 Å². The van der Waals surface area contributed by atoms with Gasteiger partial charge in [-0.15, -0.1) is 0 Å².